The van der Waals surface area contributed by atoms with E-state index in [0.29, 0.717) is 53.6 Å². The van der Waals surface area contributed by atoms with Gasteiger partial charge in [0.15, 0.2) is 16.9 Å². The van der Waals surface area contributed by atoms with Crippen LogP contribution >= 0.6 is 0 Å². The summed E-state index contributed by atoms with van der Waals surface area (Å²) in [7, 11) is 6.42. The van der Waals surface area contributed by atoms with Crippen LogP contribution in [0.15, 0.2) is 39.6 Å². The van der Waals surface area contributed by atoms with Crippen molar-refractivity contribution in [3.05, 3.63) is 57.5 Å². The minimum Gasteiger partial charge on any atom is -0.507 e. The molecule has 1 aliphatic rings. The lowest BCUT2D eigenvalue weighted by Gasteiger charge is -2.36. The number of carbonyl (C=O) groups is 1. The van der Waals surface area contributed by atoms with Gasteiger partial charge < -0.3 is 38.5 Å². The van der Waals surface area contributed by atoms with Crippen LogP contribution in [0.5, 0.6) is 28.7 Å². The van der Waals surface area contributed by atoms with Crippen molar-refractivity contribution in [1.82, 2.24) is 4.90 Å². The maximum absolute atomic E-state index is 12.9. The fourth-order valence-electron chi connectivity index (χ4n) is 4.87. The van der Waals surface area contributed by atoms with E-state index >= 15 is 0 Å². The minimum absolute atomic E-state index is 0.0188. The lowest BCUT2D eigenvalue weighted by molar-refractivity contribution is -0.146. The summed E-state index contributed by atoms with van der Waals surface area (Å²) in [6.07, 6.45) is 2.74. The SMILES string of the molecule is COc1cc(/C=C/C(=O)O[C@@H]2CN(C)CC[C@@H]2c2c(O)cc(O)c3c(=O)cc(C)oc23)cc(OC)c1OC. The van der Waals surface area contributed by atoms with Gasteiger partial charge in [-0.1, -0.05) is 0 Å². The Morgan fingerprint density at radius 3 is 2.37 bits per heavy atom. The van der Waals surface area contributed by atoms with Crippen molar-refractivity contribution in [3.8, 4) is 28.7 Å². The van der Waals surface area contributed by atoms with Gasteiger partial charge in [0.1, 0.15) is 34.3 Å². The second-order valence-electron chi connectivity index (χ2n) is 9.18. The van der Waals surface area contributed by atoms with Crippen LogP contribution in [0.25, 0.3) is 17.0 Å². The molecule has 0 unspecified atom stereocenters. The van der Waals surface area contributed by atoms with E-state index in [9.17, 15) is 19.8 Å². The zero-order chi connectivity index (χ0) is 27.6. The van der Waals surface area contributed by atoms with E-state index in [1.54, 1.807) is 25.1 Å². The normalized spacial score (nSPS) is 18.0. The van der Waals surface area contributed by atoms with E-state index < -0.39 is 23.4 Å². The molecule has 4 rings (SSSR count). The second-order valence-corrected chi connectivity index (χ2v) is 9.18. The number of phenols is 2. The molecule has 1 fully saturated rings. The highest BCUT2D eigenvalue weighted by Crippen LogP contribution is 2.43. The number of hydrogen-bond acceptors (Lipinski definition) is 10. The molecule has 1 aromatic heterocycles. The van der Waals surface area contributed by atoms with Crippen LogP contribution < -0.4 is 19.6 Å². The molecule has 1 aliphatic heterocycles. The van der Waals surface area contributed by atoms with Gasteiger partial charge in [-0.25, -0.2) is 4.79 Å². The summed E-state index contributed by atoms with van der Waals surface area (Å²) >= 11 is 0. The maximum atomic E-state index is 12.9. The Balaban J connectivity index is 1.66. The number of ether oxygens (including phenoxy) is 4. The van der Waals surface area contributed by atoms with Crippen molar-refractivity contribution < 1.29 is 38.4 Å². The number of nitrogens with zero attached hydrogens (tertiary/aromatic N) is 1. The third-order valence-corrected chi connectivity index (χ3v) is 6.62. The molecule has 0 bridgehead atoms. The fourth-order valence-corrected chi connectivity index (χ4v) is 4.87. The molecule has 0 spiro atoms. The molecule has 202 valence electrons. The van der Waals surface area contributed by atoms with Gasteiger partial charge in [-0.2, -0.15) is 0 Å². The summed E-state index contributed by atoms with van der Waals surface area (Å²) in [5.41, 5.74) is 0.639. The van der Waals surface area contributed by atoms with Gasteiger partial charge in [-0.05, 0) is 50.7 Å². The summed E-state index contributed by atoms with van der Waals surface area (Å²) in [5.74, 6) is -0.00569. The summed E-state index contributed by atoms with van der Waals surface area (Å²) in [5, 5.41) is 21.1. The number of carbonyl (C=O) groups excluding carboxylic acids is 1. The third kappa shape index (κ3) is 5.26. The molecule has 0 saturated carbocycles. The van der Waals surface area contributed by atoms with E-state index in [0.717, 1.165) is 6.07 Å². The van der Waals surface area contributed by atoms with Gasteiger partial charge in [0, 0.05) is 36.2 Å². The van der Waals surface area contributed by atoms with Crippen molar-refractivity contribution >= 4 is 23.0 Å². The minimum atomic E-state index is -0.657. The zero-order valence-corrected chi connectivity index (χ0v) is 21.9. The molecule has 2 N–H and O–H groups in total. The molecule has 2 aromatic carbocycles. The first-order valence-corrected chi connectivity index (χ1v) is 12.0. The topological polar surface area (TPSA) is 128 Å². The molecular formula is C28H31NO9. The fraction of sp³-hybridized carbons (Fsp3) is 0.357. The van der Waals surface area contributed by atoms with Crippen LogP contribution in [0.2, 0.25) is 0 Å². The van der Waals surface area contributed by atoms with Crippen molar-refractivity contribution in [2.24, 2.45) is 0 Å². The lowest BCUT2D eigenvalue weighted by Crippen LogP contribution is -2.43. The predicted molar refractivity (Wildman–Crippen MR) is 140 cm³/mol. The lowest BCUT2D eigenvalue weighted by atomic mass is 9.85. The Morgan fingerprint density at radius 2 is 1.74 bits per heavy atom. The molecule has 0 amide bonds. The van der Waals surface area contributed by atoms with Gasteiger partial charge in [0.2, 0.25) is 5.75 Å². The third-order valence-electron chi connectivity index (χ3n) is 6.62. The van der Waals surface area contributed by atoms with Crippen LogP contribution in [0, 0.1) is 6.92 Å². The van der Waals surface area contributed by atoms with Gasteiger partial charge in [0.25, 0.3) is 0 Å². The molecular weight excluding hydrogens is 494 g/mol. The largest absolute Gasteiger partial charge is 0.507 e. The summed E-state index contributed by atoms with van der Waals surface area (Å²) in [4.78, 5) is 27.5. The predicted octanol–water partition coefficient (Wildman–Crippen LogP) is 3.58. The Kier molecular flexibility index (Phi) is 7.82. The number of aromatic hydroxyl groups is 2. The molecule has 2 heterocycles. The molecule has 2 atom stereocenters. The van der Waals surface area contributed by atoms with Gasteiger partial charge in [-0.3, -0.25) is 4.79 Å². The molecule has 10 heteroatoms. The Hall–Kier alpha value is -4.18. The number of fused-ring (bicyclic) bond motifs is 1. The van der Waals surface area contributed by atoms with E-state index in [-0.39, 0.29) is 22.5 Å². The van der Waals surface area contributed by atoms with Crippen LogP contribution in [-0.4, -0.2) is 68.7 Å². The highest BCUT2D eigenvalue weighted by atomic mass is 16.5. The van der Waals surface area contributed by atoms with E-state index in [4.69, 9.17) is 23.4 Å². The van der Waals surface area contributed by atoms with E-state index in [2.05, 4.69) is 0 Å². The van der Waals surface area contributed by atoms with Crippen molar-refractivity contribution in [2.45, 2.75) is 25.4 Å². The summed E-state index contributed by atoms with van der Waals surface area (Å²) < 4.78 is 27.7. The van der Waals surface area contributed by atoms with E-state index in [1.807, 2.05) is 11.9 Å². The Bertz CT molecular complexity index is 1420. The smallest absolute Gasteiger partial charge is 0.331 e. The first-order chi connectivity index (χ1) is 18.2. The highest BCUT2D eigenvalue weighted by molar-refractivity contribution is 5.89. The standard InChI is InChI=1S/C28H31NO9/c1-15-10-18(30)26-20(32)13-19(31)25(28(26)37-15)17-8-9-29(2)14-23(17)38-24(33)7-6-16-11-21(34-3)27(36-5)22(12-16)35-4/h6-7,10-13,17,23,31-32H,8-9,14H2,1-5H3/b7-6+/t17-,23+/m0/s1. The molecule has 0 radical (unpaired) electrons. The second kappa shape index (κ2) is 11.1. The monoisotopic (exact) mass is 525 g/mol. The average Bonchev–Trinajstić information content (AvgIpc) is 2.87. The Morgan fingerprint density at radius 1 is 1.05 bits per heavy atom. The number of likely N-dealkylation sites (N-methyl/N-ethyl adjacent to an activating group) is 1. The van der Waals surface area contributed by atoms with Crippen LogP contribution in [-0.2, 0) is 9.53 Å². The van der Waals surface area contributed by atoms with Crippen LogP contribution in [0.3, 0.4) is 0 Å². The summed E-state index contributed by atoms with van der Waals surface area (Å²) in [6, 6.07) is 5.81. The number of hydrogen-bond donors (Lipinski definition) is 2. The molecule has 38 heavy (non-hydrogen) atoms. The number of esters is 1. The first-order valence-electron chi connectivity index (χ1n) is 12.0. The number of methoxy groups -OCH3 is 3. The number of benzene rings is 2. The average molecular weight is 526 g/mol. The van der Waals surface area contributed by atoms with Crippen molar-refractivity contribution in [3.63, 3.8) is 0 Å². The van der Waals surface area contributed by atoms with Crippen molar-refractivity contribution in [2.75, 3.05) is 41.5 Å². The van der Waals surface area contributed by atoms with Crippen LogP contribution in [0.4, 0.5) is 0 Å². The zero-order valence-electron chi connectivity index (χ0n) is 21.9. The summed E-state index contributed by atoms with van der Waals surface area (Å²) in [6.45, 7) is 2.68. The highest BCUT2D eigenvalue weighted by Gasteiger charge is 2.36. The van der Waals surface area contributed by atoms with Gasteiger partial charge in [-0.15, -0.1) is 0 Å². The number of likely N-dealkylation sites (tertiary alicyclic amines) is 1. The van der Waals surface area contributed by atoms with Crippen molar-refractivity contribution in [1.29, 1.82) is 0 Å². The van der Waals surface area contributed by atoms with Gasteiger partial charge in [0.05, 0.1) is 21.3 Å². The molecule has 10 nitrogen and oxygen atoms in total. The number of phenolic OH excluding ortho intramolecular Hbond substituents is 2. The number of piperidine rings is 1. The van der Waals surface area contributed by atoms with E-state index in [1.165, 1.54) is 33.5 Å². The molecule has 1 saturated heterocycles. The quantitative estimate of drug-likeness (QED) is 0.349. The molecule has 0 aliphatic carbocycles. The molecule has 3 aromatic rings. The van der Waals surface area contributed by atoms with Gasteiger partial charge >= 0.3 is 5.97 Å². The Labute approximate surface area is 219 Å². The number of rotatable bonds is 7. The van der Waals surface area contributed by atoms with Crippen LogP contribution in [0.1, 0.15) is 29.2 Å². The number of aryl methyl sites for hydroxylation is 1. The first kappa shape index (κ1) is 26.9. The maximum Gasteiger partial charge on any atom is 0.331 e.